The van der Waals surface area contributed by atoms with E-state index < -0.39 is 0 Å². The van der Waals surface area contributed by atoms with Gasteiger partial charge in [-0.1, -0.05) is 25.3 Å². The van der Waals surface area contributed by atoms with E-state index in [4.69, 9.17) is 9.98 Å². The molecule has 1 aliphatic carbocycles. The molecule has 0 spiro atoms. The van der Waals surface area contributed by atoms with Crippen LogP contribution < -0.4 is 10.2 Å². The molecule has 0 bridgehead atoms. The summed E-state index contributed by atoms with van der Waals surface area (Å²) in [6, 6.07) is 5.92. The average Bonchev–Trinajstić information content (AvgIpc) is 3.33. The number of nitrogens with one attached hydrogen (secondary N) is 1. The Labute approximate surface area is 196 Å². The van der Waals surface area contributed by atoms with Gasteiger partial charge in [0, 0.05) is 19.1 Å². The van der Waals surface area contributed by atoms with Gasteiger partial charge in [-0.25, -0.2) is 4.99 Å². The van der Waals surface area contributed by atoms with Crippen LogP contribution in [0.4, 0.5) is 11.8 Å². The van der Waals surface area contributed by atoms with Crippen molar-refractivity contribution >= 4 is 39.6 Å². The summed E-state index contributed by atoms with van der Waals surface area (Å²) < 4.78 is 2.64. The molecule has 1 fully saturated rings. The standard InChI is InChI=1S/C23H29BrN6O2/c1-3-28-21(32)19-20(30-12-14(2)25-23(28)30)27-22(26-16-7-5-4-6-8-16)29(19)13-15-9-10-18(31)17(24)11-15/h9-11,14,16,31H,3-8,12-13H2,1-2H3,(H,26,27)/t14-/m1/s1. The highest BCUT2D eigenvalue weighted by Crippen LogP contribution is 2.36. The van der Waals surface area contributed by atoms with Crippen molar-refractivity contribution in [3.63, 3.8) is 0 Å². The van der Waals surface area contributed by atoms with E-state index in [2.05, 4.69) is 33.1 Å². The number of amides is 1. The highest BCUT2D eigenvalue weighted by molar-refractivity contribution is 9.10. The van der Waals surface area contributed by atoms with Gasteiger partial charge in [-0.3, -0.25) is 19.2 Å². The number of halogens is 1. The van der Waals surface area contributed by atoms with Crippen LogP contribution >= 0.6 is 15.9 Å². The summed E-state index contributed by atoms with van der Waals surface area (Å²) in [5.74, 6) is 2.27. The first kappa shape index (κ1) is 21.3. The number of hydrogen-bond donors (Lipinski definition) is 2. The fraction of sp³-hybridized carbons (Fsp3) is 0.522. The lowest BCUT2D eigenvalue weighted by Gasteiger charge is -2.32. The van der Waals surface area contributed by atoms with Gasteiger partial charge < -0.3 is 10.4 Å². The van der Waals surface area contributed by atoms with Crippen molar-refractivity contribution in [2.24, 2.45) is 4.99 Å². The lowest BCUT2D eigenvalue weighted by atomic mass is 9.96. The Morgan fingerprint density at radius 3 is 2.75 bits per heavy atom. The molecular formula is C23H29BrN6O2. The summed E-state index contributed by atoms with van der Waals surface area (Å²) in [6.45, 7) is 5.80. The van der Waals surface area contributed by atoms with Gasteiger partial charge in [-0.15, -0.1) is 0 Å². The first-order valence-electron chi connectivity index (χ1n) is 11.5. The number of guanidine groups is 1. The SMILES string of the molecule is CCN1C(=O)c2c(nc(NC3CCCCC3)n2Cc2ccc(O)c(Br)c2)N2C[C@@H](C)N=C12. The summed E-state index contributed by atoms with van der Waals surface area (Å²) in [4.78, 5) is 27.1. The van der Waals surface area contributed by atoms with Gasteiger partial charge in [0.05, 0.1) is 17.1 Å². The highest BCUT2D eigenvalue weighted by atomic mass is 79.9. The Kier molecular flexibility index (Phi) is 5.61. The maximum atomic E-state index is 13.6. The van der Waals surface area contributed by atoms with Crippen LogP contribution in [0.15, 0.2) is 27.7 Å². The molecule has 1 amide bonds. The molecule has 3 heterocycles. The van der Waals surface area contributed by atoms with Crippen molar-refractivity contribution in [2.45, 2.75) is 64.6 Å². The van der Waals surface area contributed by atoms with Gasteiger partial charge in [0.2, 0.25) is 11.9 Å². The summed E-state index contributed by atoms with van der Waals surface area (Å²) in [5, 5.41) is 13.6. The number of rotatable bonds is 5. The molecular weight excluding hydrogens is 472 g/mol. The molecule has 2 N–H and O–H groups in total. The molecule has 2 aliphatic heterocycles. The summed E-state index contributed by atoms with van der Waals surface area (Å²) in [6.07, 6.45) is 5.94. The number of hydrogen-bond acceptors (Lipinski definition) is 6. The van der Waals surface area contributed by atoms with Gasteiger partial charge in [0.15, 0.2) is 11.5 Å². The predicted molar refractivity (Wildman–Crippen MR) is 129 cm³/mol. The minimum atomic E-state index is -0.0614. The Morgan fingerprint density at radius 1 is 1.25 bits per heavy atom. The fourth-order valence-corrected chi connectivity index (χ4v) is 5.34. The second kappa shape index (κ2) is 8.42. The number of phenolic OH excluding ortho intramolecular Hbond substituents is 1. The molecule has 1 atom stereocenters. The normalized spacial score (nSPS) is 20.9. The Morgan fingerprint density at radius 2 is 2.03 bits per heavy atom. The zero-order valence-electron chi connectivity index (χ0n) is 18.5. The van der Waals surface area contributed by atoms with Crippen LogP contribution in [-0.4, -0.2) is 56.6 Å². The number of benzene rings is 1. The monoisotopic (exact) mass is 500 g/mol. The van der Waals surface area contributed by atoms with Crippen LogP contribution in [0.5, 0.6) is 5.75 Å². The van der Waals surface area contributed by atoms with Gasteiger partial charge in [-0.05, 0) is 60.3 Å². The summed E-state index contributed by atoms with van der Waals surface area (Å²) in [7, 11) is 0. The number of imidazole rings is 1. The first-order chi connectivity index (χ1) is 15.5. The third kappa shape index (κ3) is 3.66. The smallest absolute Gasteiger partial charge is 0.281 e. The van der Waals surface area contributed by atoms with Gasteiger partial charge in [0.25, 0.3) is 5.91 Å². The molecule has 0 radical (unpaired) electrons. The Balaban J connectivity index is 1.60. The number of carbonyl (C=O) groups excluding carboxylic acids is 1. The summed E-state index contributed by atoms with van der Waals surface area (Å²) in [5.41, 5.74) is 1.58. The van der Waals surface area contributed by atoms with Crippen LogP contribution in [0.3, 0.4) is 0 Å². The van der Waals surface area contributed by atoms with E-state index >= 15 is 0 Å². The quantitative estimate of drug-likeness (QED) is 0.642. The third-order valence-corrected chi connectivity index (χ3v) is 7.16. The number of aromatic nitrogens is 2. The number of carbonyl (C=O) groups is 1. The van der Waals surface area contributed by atoms with E-state index in [0.29, 0.717) is 41.1 Å². The van der Waals surface area contributed by atoms with Crippen molar-refractivity contribution in [1.82, 2.24) is 14.5 Å². The molecule has 0 unspecified atom stereocenters. The van der Waals surface area contributed by atoms with Crippen molar-refractivity contribution in [3.8, 4) is 5.75 Å². The maximum absolute atomic E-state index is 13.6. The Bertz CT molecular complexity index is 1070. The van der Waals surface area contributed by atoms with E-state index in [1.807, 2.05) is 23.6 Å². The minimum Gasteiger partial charge on any atom is -0.507 e. The fourth-order valence-electron chi connectivity index (χ4n) is 4.92. The van der Waals surface area contributed by atoms with Crippen molar-refractivity contribution in [1.29, 1.82) is 0 Å². The number of aromatic hydroxyl groups is 1. The molecule has 8 nitrogen and oxygen atoms in total. The zero-order chi connectivity index (χ0) is 22.4. The van der Waals surface area contributed by atoms with Crippen LogP contribution in [0, 0.1) is 0 Å². The van der Waals surface area contributed by atoms with Crippen LogP contribution in [0.1, 0.15) is 62.0 Å². The Hall–Kier alpha value is -2.55. The number of aliphatic imine (C=N–C) groups is 1. The lowest BCUT2D eigenvalue weighted by Crippen LogP contribution is -2.50. The average molecular weight is 501 g/mol. The number of fused-ring (bicyclic) bond motifs is 3. The number of nitrogens with zero attached hydrogens (tertiary/aromatic N) is 5. The van der Waals surface area contributed by atoms with Gasteiger partial charge >= 0.3 is 0 Å². The van der Waals surface area contributed by atoms with Crippen LogP contribution in [-0.2, 0) is 6.54 Å². The molecule has 32 heavy (non-hydrogen) atoms. The first-order valence-corrected chi connectivity index (χ1v) is 12.3. The van der Waals surface area contributed by atoms with E-state index in [-0.39, 0.29) is 17.7 Å². The molecule has 5 rings (SSSR count). The highest BCUT2D eigenvalue weighted by Gasteiger charge is 2.43. The van der Waals surface area contributed by atoms with Crippen LogP contribution in [0.2, 0.25) is 0 Å². The topological polar surface area (TPSA) is 86.0 Å². The zero-order valence-corrected chi connectivity index (χ0v) is 20.1. The minimum absolute atomic E-state index is 0.0614. The number of anilines is 2. The van der Waals surface area contributed by atoms with Crippen LogP contribution in [0.25, 0.3) is 0 Å². The molecule has 1 saturated carbocycles. The van der Waals surface area contributed by atoms with E-state index in [9.17, 15) is 9.90 Å². The molecule has 1 aromatic heterocycles. The van der Waals surface area contributed by atoms with Crippen molar-refractivity contribution in [3.05, 3.63) is 33.9 Å². The maximum Gasteiger partial charge on any atom is 0.281 e. The molecule has 3 aliphatic rings. The second-order valence-electron chi connectivity index (χ2n) is 8.90. The van der Waals surface area contributed by atoms with Crippen molar-refractivity contribution in [2.75, 3.05) is 23.3 Å². The molecule has 1 aromatic carbocycles. The van der Waals surface area contributed by atoms with E-state index in [1.165, 1.54) is 19.3 Å². The second-order valence-corrected chi connectivity index (χ2v) is 9.75. The lowest BCUT2D eigenvalue weighted by molar-refractivity contribution is 0.0836. The molecule has 0 saturated heterocycles. The molecule has 170 valence electrons. The third-order valence-electron chi connectivity index (χ3n) is 6.53. The largest absolute Gasteiger partial charge is 0.507 e. The van der Waals surface area contributed by atoms with Crippen molar-refractivity contribution < 1.29 is 9.90 Å². The van der Waals surface area contributed by atoms with E-state index in [0.717, 1.165) is 30.9 Å². The molecule has 9 heteroatoms. The van der Waals surface area contributed by atoms with Gasteiger partial charge in [0.1, 0.15) is 5.75 Å². The predicted octanol–water partition coefficient (Wildman–Crippen LogP) is 4.18. The van der Waals surface area contributed by atoms with Gasteiger partial charge in [-0.2, -0.15) is 4.98 Å². The molecule has 2 aromatic rings. The number of phenols is 1. The van der Waals surface area contributed by atoms with E-state index in [1.54, 1.807) is 11.0 Å². The summed E-state index contributed by atoms with van der Waals surface area (Å²) >= 11 is 3.41.